The number of amides is 2. The predicted octanol–water partition coefficient (Wildman–Crippen LogP) is 1.27. The van der Waals surface area contributed by atoms with E-state index in [1.54, 1.807) is 18.2 Å². The molecule has 31 heavy (non-hydrogen) atoms. The van der Waals surface area contributed by atoms with Crippen molar-refractivity contribution >= 4 is 38.5 Å². The van der Waals surface area contributed by atoms with Gasteiger partial charge in [0.15, 0.2) is 5.13 Å². The Morgan fingerprint density at radius 1 is 1.06 bits per heavy atom. The van der Waals surface area contributed by atoms with Crippen LogP contribution in [-0.2, 0) is 11.3 Å². The van der Waals surface area contributed by atoms with E-state index in [2.05, 4.69) is 25.5 Å². The van der Waals surface area contributed by atoms with Gasteiger partial charge in [-0.1, -0.05) is 23.5 Å². The molecule has 1 saturated heterocycles. The van der Waals surface area contributed by atoms with E-state index in [-0.39, 0.29) is 23.2 Å². The summed E-state index contributed by atoms with van der Waals surface area (Å²) in [6, 6.07) is 10.6. The largest absolute Gasteiger partial charge is 0.379 e. The van der Waals surface area contributed by atoms with Gasteiger partial charge in [-0.2, -0.15) is 0 Å². The summed E-state index contributed by atoms with van der Waals surface area (Å²) in [5, 5.41) is 6.21. The molecule has 2 aromatic heterocycles. The number of thiazole rings is 1. The van der Waals surface area contributed by atoms with Gasteiger partial charge in [-0.3, -0.25) is 14.5 Å². The number of pyridine rings is 1. The van der Waals surface area contributed by atoms with Crippen LogP contribution in [0.4, 0.5) is 5.13 Å². The van der Waals surface area contributed by atoms with E-state index in [0.717, 1.165) is 48.6 Å². The predicted molar refractivity (Wildman–Crippen MR) is 119 cm³/mol. The number of anilines is 1. The van der Waals surface area contributed by atoms with Gasteiger partial charge in [-0.05, 0) is 29.8 Å². The van der Waals surface area contributed by atoms with Gasteiger partial charge >= 0.3 is 0 Å². The fraction of sp³-hybridized carbons (Fsp3) is 0.333. The number of hydrogen-bond acceptors (Lipinski definition) is 8. The van der Waals surface area contributed by atoms with E-state index >= 15 is 0 Å². The third-order valence-electron chi connectivity index (χ3n) is 4.95. The topological polar surface area (TPSA) is 122 Å². The first-order valence-electron chi connectivity index (χ1n) is 10.1. The second kappa shape index (κ2) is 9.82. The molecular formula is C21H24N6O3S. The van der Waals surface area contributed by atoms with Crippen molar-refractivity contribution in [1.82, 2.24) is 25.5 Å². The van der Waals surface area contributed by atoms with Gasteiger partial charge in [0.05, 0.1) is 23.4 Å². The SMILES string of the molecule is Nc1nc2ccc(CNC(=O)c3cccc(C(=O)NCCN4CCOCC4)n3)cc2s1. The summed E-state index contributed by atoms with van der Waals surface area (Å²) in [6.07, 6.45) is 0. The molecule has 1 fully saturated rings. The summed E-state index contributed by atoms with van der Waals surface area (Å²) in [6.45, 7) is 4.79. The number of benzene rings is 1. The highest BCUT2D eigenvalue weighted by Crippen LogP contribution is 2.24. The average Bonchev–Trinajstić information content (AvgIpc) is 3.17. The second-order valence-corrected chi connectivity index (χ2v) is 8.22. The summed E-state index contributed by atoms with van der Waals surface area (Å²) >= 11 is 1.41. The highest BCUT2D eigenvalue weighted by molar-refractivity contribution is 7.22. The molecule has 1 aliphatic heterocycles. The second-order valence-electron chi connectivity index (χ2n) is 7.15. The van der Waals surface area contributed by atoms with Crippen molar-refractivity contribution in [3.05, 3.63) is 53.3 Å². The minimum absolute atomic E-state index is 0.198. The number of nitrogen functional groups attached to an aromatic ring is 1. The third kappa shape index (κ3) is 5.54. The first kappa shape index (κ1) is 21.2. The minimum atomic E-state index is -0.341. The van der Waals surface area contributed by atoms with Crippen LogP contribution in [0.25, 0.3) is 10.2 Å². The quantitative estimate of drug-likeness (QED) is 0.506. The van der Waals surface area contributed by atoms with Crippen LogP contribution in [0.3, 0.4) is 0 Å². The molecule has 1 aromatic carbocycles. The number of nitrogens with two attached hydrogens (primary N) is 1. The molecule has 0 aliphatic carbocycles. The maximum atomic E-state index is 12.5. The lowest BCUT2D eigenvalue weighted by atomic mass is 10.2. The fourth-order valence-corrected chi connectivity index (χ4v) is 4.10. The molecule has 162 valence electrons. The lowest BCUT2D eigenvalue weighted by Crippen LogP contribution is -2.41. The molecule has 2 amide bonds. The Kier molecular flexibility index (Phi) is 6.70. The molecule has 10 heteroatoms. The minimum Gasteiger partial charge on any atom is -0.379 e. The van der Waals surface area contributed by atoms with Crippen molar-refractivity contribution in [3.63, 3.8) is 0 Å². The number of hydrogen-bond donors (Lipinski definition) is 3. The van der Waals surface area contributed by atoms with Crippen LogP contribution in [-0.4, -0.2) is 66.1 Å². The monoisotopic (exact) mass is 440 g/mol. The van der Waals surface area contributed by atoms with Crippen molar-refractivity contribution in [2.24, 2.45) is 0 Å². The number of fused-ring (bicyclic) bond motifs is 1. The van der Waals surface area contributed by atoms with Gasteiger partial charge in [0.25, 0.3) is 11.8 Å². The van der Waals surface area contributed by atoms with E-state index in [0.29, 0.717) is 18.2 Å². The summed E-state index contributed by atoms with van der Waals surface area (Å²) in [5.41, 5.74) is 7.92. The summed E-state index contributed by atoms with van der Waals surface area (Å²) < 4.78 is 6.29. The Morgan fingerprint density at radius 3 is 2.58 bits per heavy atom. The normalized spacial score (nSPS) is 14.5. The number of ether oxygens (including phenoxy) is 1. The number of rotatable bonds is 7. The fourth-order valence-electron chi connectivity index (χ4n) is 3.30. The zero-order valence-electron chi connectivity index (χ0n) is 17.0. The van der Waals surface area contributed by atoms with Gasteiger partial charge in [-0.15, -0.1) is 0 Å². The number of morpholine rings is 1. The molecule has 0 spiro atoms. The zero-order valence-corrected chi connectivity index (χ0v) is 17.8. The molecular weight excluding hydrogens is 416 g/mol. The Labute approximate surface area is 183 Å². The first-order valence-corrected chi connectivity index (χ1v) is 10.9. The van der Waals surface area contributed by atoms with Crippen LogP contribution in [0.15, 0.2) is 36.4 Å². The van der Waals surface area contributed by atoms with E-state index in [1.807, 2.05) is 18.2 Å². The average molecular weight is 441 g/mol. The summed E-state index contributed by atoms with van der Waals surface area (Å²) in [4.78, 5) is 35.6. The standard InChI is InChI=1S/C21H24N6O3S/c22-21-26-15-5-4-14(12-18(15)31-21)13-24-20(29)17-3-1-2-16(25-17)19(28)23-6-7-27-8-10-30-11-9-27/h1-5,12H,6-11,13H2,(H2,22,26)(H,23,28)(H,24,29). The van der Waals surface area contributed by atoms with Gasteiger partial charge in [0.2, 0.25) is 0 Å². The smallest absolute Gasteiger partial charge is 0.270 e. The van der Waals surface area contributed by atoms with Crippen LogP contribution in [0, 0.1) is 0 Å². The summed E-state index contributed by atoms with van der Waals surface area (Å²) in [7, 11) is 0. The zero-order chi connectivity index (χ0) is 21.6. The molecule has 0 atom stereocenters. The summed E-state index contributed by atoms with van der Waals surface area (Å²) in [5.74, 6) is -0.636. The van der Waals surface area contributed by atoms with Gasteiger partial charge in [0, 0.05) is 32.7 Å². The molecule has 3 heterocycles. The molecule has 9 nitrogen and oxygen atoms in total. The molecule has 0 saturated carbocycles. The van der Waals surface area contributed by atoms with Crippen molar-refractivity contribution < 1.29 is 14.3 Å². The van der Waals surface area contributed by atoms with Gasteiger partial charge in [0.1, 0.15) is 11.4 Å². The van der Waals surface area contributed by atoms with Crippen LogP contribution < -0.4 is 16.4 Å². The Hall–Kier alpha value is -3.08. The van der Waals surface area contributed by atoms with Gasteiger partial charge < -0.3 is 21.1 Å². The van der Waals surface area contributed by atoms with Crippen LogP contribution in [0.1, 0.15) is 26.5 Å². The number of carbonyl (C=O) groups excluding carboxylic acids is 2. The Morgan fingerprint density at radius 2 is 1.81 bits per heavy atom. The molecule has 3 aromatic rings. The van der Waals surface area contributed by atoms with E-state index in [1.165, 1.54) is 11.3 Å². The number of aromatic nitrogens is 2. The highest BCUT2D eigenvalue weighted by Gasteiger charge is 2.14. The molecule has 4 rings (SSSR count). The number of nitrogens with zero attached hydrogens (tertiary/aromatic N) is 3. The van der Waals surface area contributed by atoms with E-state index < -0.39 is 0 Å². The van der Waals surface area contributed by atoms with Crippen LogP contribution in [0.5, 0.6) is 0 Å². The lowest BCUT2D eigenvalue weighted by molar-refractivity contribution is 0.0383. The molecule has 0 unspecified atom stereocenters. The first-order chi connectivity index (χ1) is 15.1. The van der Waals surface area contributed by atoms with Crippen LogP contribution in [0.2, 0.25) is 0 Å². The lowest BCUT2D eigenvalue weighted by Gasteiger charge is -2.26. The maximum Gasteiger partial charge on any atom is 0.270 e. The van der Waals surface area contributed by atoms with E-state index in [4.69, 9.17) is 10.5 Å². The van der Waals surface area contributed by atoms with Crippen molar-refractivity contribution in [2.45, 2.75) is 6.54 Å². The highest BCUT2D eigenvalue weighted by atomic mass is 32.1. The Balaban J connectivity index is 1.30. The van der Waals surface area contributed by atoms with Gasteiger partial charge in [-0.25, -0.2) is 9.97 Å². The number of carbonyl (C=O) groups is 2. The van der Waals surface area contributed by atoms with Crippen LogP contribution >= 0.6 is 11.3 Å². The van der Waals surface area contributed by atoms with Crippen molar-refractivity contribution in [1.29, 1.82) is 0 Å². The van der Waals surface area contributed by atoms with E-state index in [9.17, 15) is 9.59 Å². The molecule has 4 N–H and O–H groups in total. The molecule has 0 bridgehead atoms. The third-order valence-corrected chi connectivity index (χ3v) is 5.80. The molecule has 0 radical (unpaired) electrons. The number of nitrogens with one attached hydrogen (secondary N) is 2. The maximum absolute atomic E-state index is 12.5. The Bertz CT molecular complexity index is 1080. The van der Waals surface area contributed by atoms with Crippen molar-refractivity contribution in [2.75, 3.05) is 45.1 Å². The van der Waals surface area contributed by atoms with Crippen molar-refractivity contribution in [3.8, 4) is 0 Å². The molecule has 1 aliphatic rings.